The minimum atomic E-state index is -0.921. The molecule has 1 saturated carbocycles. The molecular formula is C30H31N3O4. The number of hydrogen-bond acceptors (Lipinski definition) is 4. The molecule has 2 amide bonds. The van der Waals surface area contributed by atoms with Crippen LogP contribution in [0.15, 0.2) is 67.0 Å². The largest absolute Gasteiger partial charge is 0.481 e. The quantitative estimate of drug-likeness (QED) is 0.468. The third kappa shape index (κ3) is 6.05. The highest BCUT2D eigenvalue weighted by atomic mass is 16.4. The molecule has 0 unspecified atom stereocenters. The first kappa shape index (κ1) is 24.7. The van der Waals surface area contributed by atoms with Crippen molar-refractivity contribution in [1.82, 2.24) is 14.8 Å². The van der Waals surface area contributed by atoms with Crippen molar-refractivity contribution in [3.05, 3.63) is 89.2 Å². The lowest BCUT2D eigenvalue weighted by molar-refractivity contribution is -0.136. The summed E-state index contributed by atoms with van der Waals surface area (Å²) in [4.78, 5) is 45.9. The second-order valence-corrected chi connectivity index (χ2v) is 9.98. The Kier molecular flexibility index (Phi) is 7.30. The van der Waals surface area contributed by atoms with Crippen LogP contribution in [0.3, 0.4) is 0 Å². The van der Waals surface area contributed by atoms with Crippen LogP contribution in [0.2, 0.25) is 0 Å². The van der Waals surface area contributed by atoms with E-state index in [1.807, 2.05) is 64.4 Å². The Morgan fingerprint density at radius 1 is 0.919 bits per heavy atom. The van der Waals surface area contributed by atoms with Gasteiger partial charge in [-0.2, -0.15) is 0 Å². The predicted molar refractivity (Wildman–Crippen MR) is 140 cm³/mol. The van der Waals surface area contributed by atoms with Crippen molar-refractivity contribution in [2.45, 2.75) is 45.2 Å². The maximum absolute atomic E-state index is 13.3. The van der Waals surface area contributed by atoms with Crippen molar-refractivity contribution in [2.24, 2.45) is 5.92 Å². The third-order valence-electron chi connectivity index (χ3n) is 7.02. The number of benzene rings is 2. The summed E-state index contributed by atoms with van der Waals surface area (Å²) >= 11 is 0. The molecule has 0 atom stereocenters. The minimum absolute atomic E-state index is 0.00572. The molecule has 2 fully saturated rings. The van der Waals surface area contributed by atoms with Crippen molar-refractivity contribution in [3.8, 4) is 11.1 Å². The van der Waals surface area contributed by atoms with Gasteiger partial charge in [-0.1, -0.05) is 36.4 Å². The molecule has 5 rings (SSSR count). The zero-order chi connectivity index (χ0) is 25.8. The van der Waals surface area contributed by atoms with Crippen molar-refractivity contribution in [2.75, 3.05) is 13.1 Å². The zero-order valence-corrected chi connectivity index (χ0v) is 20.8. The molecule has 190 valence electrons. The summed E-state index contributed by atoms with van der Waals surface area (Å²) in [5.41, 5.74) is 4.72. The van der Waals surface area contributed by atoms with E-state index in [1.54, 1.807) is 12.4 Å². The molecule has 3 aromatic rings. The van der Waals surface area contributed by atoms with Gasteiger partial charge in [0.25, 0.3) is 5.91 Å². The van der Waals surface area contributed by atoms with Crippen molar-refractivity contribution < 1.29 is 19.5 Å². The summed E-state index contributed by atoms with van der Waals surface area (Å²) < 4.78 is 0. The average Bonchev–Trinajstić information content (AvgIpc) is 3.61. The number of hydrogen-bond donors (Lipinski definition) is 1. The number of rotatable bonds is 9. The van der Waals surface area contributed by atoms with E-state index in [9.17, 15) is 19.5 Å². The van der Waals surface area contributed by atoms with Gasteiger partial charge in [0.2, 0.25) is 5.91 Å². The van der Waals surface area contributed by atoms with Gasteiger partial charge in [0.05, 0.1) is 6.42 Å². The first-order valence-electron chi connectivity index (χ1n) is 12.9. The Hall–Kier alpha value is -4.00. The lowest BCUT2D eigenvalue weighted by Crippen LogP contribution is -2.32. The topological polar surface area (TPSA) is 90.8 Å². The summed E-state index contributed by atoms with van der Waals surface area (Å²) in [6, 6.07) is 17.4. The number of amides is 2. The molecule has 2 heterocycles. The van der Waals surface area contributed by atoms with E-state index in [4.69, 9.17) is 0 Å². The molecule has 7 nitrogen and oxygen atoms in total. The number of aliphatic carboxylic acids is 1. The highest BCUT2D eigenvalue weighted by Gasteiger charge is 2.34. The number of carboxylic acids is 1. The van der Waals surface area contributed by atoms with Gasteiger partial charge in [-0.3, -0.25) is 19.4 Å². The normalized spacial score (nSPS) is 15.0. The molecule has 1 aliphatic heterocycles. The predicted octanol–water partition coefficient (Wildman–Crippen LogP) is 4.55. The number of likely N-dealkylation sites (tertiary alicyclic amines) is 1. The molecule has 1 saturated heterocycles. The van der Waals surface area contributed by atoms with Crippen LogP contribution in [0, 0.1) is 5.92 Å². The Labute approximate surface area is 216 Å². The molecule has 1 N–H and O–H groups in total. The summed E-state index contributed by atoms with van der Waals surface area (Å²) in [6.07, 6.45) is 6.98. The zero-order valence-electron chi connectivity index (χ0n) is 20.8. The average molecular weight is 498 g/mol. The van der Waals surface area contributed by atoms with Crippen LogP contribution in [0.4, 0.5) is 0 Å². The van der Waals surface area contributed by atoms with Gasteiger partial charge in [0.15, 0.2) is 0 Å². The van der Waals surface area contributed by atoms with E-state index in [2.05, 4.69) is 4.98 Å². The molecule has 37 heavy (non-hydrogen) atoms. The van der Waals surface area contributed by atoms with Crippen molar-refractivity contribution in [3.63, 3.8) is 0 Å². The second kappa shape index (κ2) is 10.9. The standard InChI is InChI=1S/C30H31N3O4/c34-28(35)15-22-14-25(18-31-17-22)27-11-10-24(30(37)32-12-4-5-13-32)16-26(27)20-33(29(36)23-8-9-23)19-21-6-2-1-3-7-21/h1-3,6-7,10-11,14,16-18,23H,4-5,8-9,12-13,15,19-20H2,(H,34,35). The van der Waals surface area contributed by atoms with Gasteiger partial charge in [0, 0.05) is 55.6 Å². The molecule has 7 heteroatoms. The summed E-state index contributed by atoms with van der Waals surface area (Å²) in [5.74, 6) is -0.730. The van der Waals surface area contributed by atoms with Crippen LogP contribution < -0.4 is 0 Å². The van der Waals surface area contributed by atoms with Crippen molar-refractivity contribution >= 4 is 17.8 Å². The molecule has 0 spiro atoms. The first-order chi connectivity index (χ1) is 18.0. The van der Waals surface area contributed by atoms with E-state index >= 15 is 0 Å². The van der Waals surface area contributed by atoms with Gasteiger partial charge < -0.3 is 14.9 Å². The van der Waals surface area contributed by atoms with Crippen LogP contribution in [-0.2, 0) is 29.1 Å². The van der Waals surface area contributed by atoms with E-state index in [1.165, 1.54) is 0 Å². The Morgan fingerprint density at radius 2 is 1.68 bits per heavy atom. The molecule has 2 aliphatic rings. The van der Waals surface area contributed by atoms with Crippen molar-refractivity contribution in [1.29, 1.82) is 0 Å². The Morgan fingerprint density at radius 3 is 2.38 bits per heavy atom. The Balaban J connectivity index is 1.52. The van der Waals surface area contributed by atoms with Crippen LogP contribution in [-0.4, -0.2) is 50.8 Å². The SMILES string of the molecule is O=C(O)Cc1cncc(-c2ccc(C(=O)N3CCCC3)cc2CN(Cc2ccccc2)C(=O)C2CC2)c1. The minimum Gasteiger partial charge on any atom is -0.481 e. The fourth-order valence-electron chi connectivity index (χ4n) is 4.96. The summed E-state index contributed by atoms with van der Waals surface area (Å²) in [5, 5.41) is 9.25. The van der Waals surface area contributed by atoms with Crippen LogP contribution in [0.5, 0.6) is 0 Å². The van der Waals surface area contributed by atoms with Gasteiger partial charge in [-0.25, -0.2) is 0 Å². The summed E-state index contributed by atoms with van der Waals surface area (Å²) in [6.45, 7) is 2.36. The van der Waals surface area contributed by atoms with Gasteiger partial charge in [-0.15, -0.1) is 0 Å². The lowest BCUT2D eigenvalue weighted by Gasteiger charge is -2.25. The number of carbonyl (C=O) groups is 3. The van der Waals surface area contributed by atoms with Crippen LogP contribution >= 0.6 is 0 Å². The molecular weight excluding hydrogens is 466 g/mol. The fourth-order valence-corrected chi connectivity index (χ4v) is 4.96. The summed E-state index contributed by atoms with van der Waals surface area (Å²) in [7, 11) is 0. The Bertz CT molecular complexity index is 1300. The van der Waals surface area contributed by atoms with E-state index in [-0.39, 0.29) is 24.2 Å². The smallest absolute Gasteiger partial charge is 0.307 e. The lowest BCUT2D eigenvalue weighted by atomic mass is 9.96. The monoisotopic (exact) mass is 497 g/mol. The van der Waals surface area contributed by atoms with E-state index in [0.29, 0.717) is 24.2 Å². The van der Waals surface area contributed by atoms with Gasteiger partial charge in [-0.05, 0) is 66.1 Å². The molecule has 1 aliphatic carbocycles. The number of aromatic nitrogens is 1. The molecule has 2 aromatic carbocycles. The van der Waals surface area contributed by atoms with E-state index in [0.717, 1.165) is 61.0 Å². The van der Waals surface area contributed by atoms with Crippen LogP contribution in [0.25, 0.3) is 11.1 Å². The highest BCUT2D eigenvalue weighted by Crippen LogP contribution is 2.34. The van der Waals surface area contributed by atoms with Gasteiger partial charge in [0.1, 0.15) is 0 Å². The molecule has 1 aromatic heterocycles. The number of pyridine rings is 1. The molecule has 0 bridgehead atoms. The first-order valence-corrected chi connectivity index (χ1v) is 12.9. The van der Waals surface area contributed by atoms with E-state index < -0.39 is 5.97 Å². The highest BCUT2D eigenvalue weighted by molar-refractivity contribution is 5.95. The number of carbonyl (C=O) groups excluding carboxylic acids is 2. The number of nitrogens with zero attached hydrogens (tertiary/aromatic N) is 3. The number of carboxylic acid groups (broad SMARTS) is 1. The fraction of sp³-hybridized carbons (Fsp3) is 0.333. The maximum Gasteiger partial charge on any atom is 0.307 e. The second-order valence-electron chi connectivity index (χ2n) is 9.98. The third-order valence-corrected chi connectivity index (χ3v) is 7.02. The maximum atomic E-state index is 13.3. The molecule has 0 radical (unpaired) electrons. The van der Waals surface area contributed by atoms with Gasteiger partial charge >= 0.3 is 5.97 Å². The van der Waals surface area contributed by atoms with Crippen LogP contribution in [0.1, 0.15) is 52.7 Å².